The van der Waals surface area contributed by atoms with Crippen molar-refractivity contribution >= 4 is 28.9 Å². The highest BCUT2D eigenvalue weighted by molar-refractivity contribution is 7.80. The Morgan fingerprint density at radius 2 is 1.85 bits per heavy atom. The van der Waals surface area contributed by atoms with Crippen molar-refractivity contribution in [1.29, 1.82) is 0 Å². The predicted octanol–water partition coefficient (Wildman–Crippen LogP) is 2.64. The van der Waals surface area contributed by atoms with Crippen LogP contribution in [0.25, 0.3) is 0 Å². The fraction of sp³-hybridized carbons (Fsp3) is 0.0667. The average Bonchev–Trinajstić information content (AvgIpc) is 2.46. The molecule has 0 atom stereocenters. The van der Waals surface area contributed by atoms with E-state index in [0.29, 0.717) is 17.2 Å². The van der Waals surface area contributed by atoms with E-state index in [9.17, 15) is 4.79 Å². The van der Waals surface area contributed by atoms with Crippen LogP contribution in [-0.4, -0.2) is 11.0 Å². The number of hydrogen-bond acceptors (Lipinski definition) is 2. The first-order chi connectivity index (χ1) is 9.65. The first-order valence-electron chi connectivity index (χ1n) is 6.14. The molecule has 2 aromatic carbocycles. The summed E-state index contributed by atoms with van der Waals surface area (Å²) < 4.78 is 0. The van der Waals surface area contributed by atoms with Crippen LogP contribution in [0, 0.1) is 0 Å². The number of carbonyl (C=O) groups is 1. The molecule has 0 saturated heterocycles. The van der Waals surface area contributed by atoms with Gasteiger partial charge >= 0.3 is 6.03 Å². The highest BCUT2D eigenvalue weighted by Crippen LogP contribution is 2.10. The third-order valence-electron chi connectivity index (χ3n) is 2.70. The maximum absolute atomic E-state index is 11.8. The van der Waals surface area contributed by atoms with E-state index >= 15 is 0 Å². The normalized spacial score (nSPS) is 9.80. The number of nitrogens with two attached hydrogens (primary N) is 1. The van der Waals surface area contributed by atoms with Crippen LogP contribution in [0.15, 0.2) is 54.6 Å². The van der Waals surface area contributed by atoms with E-state index in [1.54, 1.807) is 24.3 Å². The minimum atomic E-state index is -0.269. The molecule has 4 nitrogen and oxygen atoms in total. The second-order valence-corrected chi connectivity index (χ2v) is 4.68. The summed E-state index contributed by atoms with van der Waals surface area (Å²) in [6.07, 6.45) is 0. The average molecular weight is 285 g/mol. The molecule has 0 aliphatic heterocycles. The third-order valence-corrected chi connectivity index (χ3v) is 2.94. The molecule has 0 saturated carbocycles. The number of nitrogens with one attached hydrogen (secondary N) is 2. The number of benzene rings is 2. The van der Waals surface area contributed by atoms with E-state index < -0.39 is 0 Å². The van der Waals surface area contributed by atoms with Gasteiger partial charge in [0.2, 0.25) is 0 Å². The number of anilines is 1. The third kappa shape index (κ3) is 4.07. The fourth-order valence-corrected chi connectivity index (χ4v) is 1.83. The molecule has 0 fully saturated rings. The fourth-order valence-electron chi connectivity index (χ4n) is 1.70. The molecule has 2 amide bonds. The molecule has 20 heavy (non-hydrogen) atoms. The van der Waals surface area contributed by atoms with E-state index in [-0.39, 0.29) is 6.03 Å². The Bertz CT molecular complexity index is 614. The topological polar surface area (TPSA) is 67.1 Å². The molecule has 0 aliphatic carbocycles. The zero-order valence-corrected chi connectivity index (χ0v) is 11.6. The van der Waals surface area contributed by atoms with Crippen molar-refractivity contribution in [2.45, 2.75) is 6.54 Å². The van der Waals surface area contributed by atoms with E-state index in [2.05, 4.69) is 10.6 Å². The molecule has 0 aromatic heterocycles. The molecule has 5 heteroatoms. The molecular weight excluding hydrogens is 270 g/mol. The first-order valence-corrected chi connectivity index (χ1v) is 6.54. The second-order valence-electron chi connectivity index (χ2n) is 4.24. The lowest BCUT2D eigenvalue weighted by molar-refractivity contribution is 0.251. The maximum atomic E-state index is 11.8. The van der Waals surface area contributed by atoms with Gasteiger partial charge in [-0.2, -0.15) is 0 Å². The molecule has 0 heterocycles. The predicted molar refractivity (Wildman–Crippen MR) is 84.6 cm³/mol. The van der Waals surface area contributed by atoms with Crippen molar-refractivity contribution in [2.75, 3.05) is 5.32 Å². The SMILES string of the molecule is NC(=S)c1cccc(NC(=O)NCc2ccccc2)c1. The number of urea groups is 1. The number of rotatable bonds is 4. The zero-order valence-electron chi connectivity index (χ0n) is 10.8. The number of amides is 2. The van der Waals surface area contributed by atoms with Crippen LogP contribution < -0.4 is 16.4 Å². The number of hydrogen-bond donors (Lipinski definition) is 3. The van der Waals surface area contributed by atoms with E-state index in [0.717, 1.165) is 11.1 Å². The number of thiocarbonyl (C=S) groups is 1. The van der Waals surface area contributed by atoms with Crippen molar-refractivity contribution in [3.8, 4) is 0 Å². The summed E-state index contributed by atoms with van der Waals surface area (Å²) in [4.78, 5) is 12.1. The van der Waals surface area contributed by atoms with Gasteiger partial charge in [-0.05, 0) is 17.7 Å². The van der Waals surface area contributed by atoms with Crippen LogP contribution in [0.5, 0.6) is 0 Å². The van der Waals surface area contributed by atoms with Crippen LogP contribution in [-0.2, 0) is 6.54 Å². The van der Waals surface area contributed by atoms with Crippen molar-refractivity contribution in [3.63, 3.8) is 0 Å². The Labute approximate surface area is 123 Å². The van der Waals surface area contributed by atoms with Crippen LogP contribution in [0.1, 0.15) is 11.1 Å². The Morgan fingerprint density at radius 1 is 1.10 bits per heavy atom. The van der Waals surface area contributed by atoms with Gasteiger partial charge in [-0.3, -0.25) is 0 Å². The second kappa shape index (κ2) is 6.68. The van der Waals surface area contributed by atoms with E-state index in [1.807, 2.05) is 30.3 Å². The summed E-state index contributed by atoms with van der Waals surface area (Å²) in [5.74, 6) is 0. The van der Waals surface area contributed by atoms with Crippen molar-refractivity contribution in [2.24, 2.45) is 5.73 Å². The van der Waals surface area contributed by atoms with Gasteiger partial charge in [0, 0.05) is 17.8 Å². The van der Waals surface area contributed by atoms with Crippen molar-refractivity contribution in [1.82, 2.24) is 5.32 Å². The van der Waals surface area contributed by atoms with Crippen LogP contribution >= 0.6 is 12.2 Å². The van der Waals surface area contributed by atoms with Gasteiger partial charge in [0.15, 0.2) is 0 Å². The highest BCUT2D eigenvalue weighted by Gasteiger charge is 2.03. The van der Waals surface area contributed by atoms with Crippen LogP contribution in [0.4, 0.5) is 10.5 Å². The summed E-state index contributed by atoms with van der Waals surface area (Å²) >= 11 is 4.90. The van der Waals surface area contributed by atoms with Gasteiger partial charge in [0.25, 0.3) is 0 Å². The standard InChI is InChI=1S/C15H15N3OS/c16-14(20)12-7-4-8-13(9-12)18-15(19)17-10-11-5-2-1-3-6-11/h1-9H,10H2,(H2,16,20)(H2,17,18,19). The summed E-state index contributed by atoms with van der Waals surface area (Å²) in [5.41, 5.74) is 7.97. The molecule has 0 spiro atoms. The summed E-state index contributed by atoms with van der Waals surface area (Å²) in [7, 11) is 0. The molecule has 102 valence electrons. The van der Waals surface area contributed by atoms with Gasteiger partial charge < -0.3 is 16.4 Å². The monoisotopic (exact) mass is 285 g/mol. The van der Waals surface area contributed by atoms with Crippen molar-refractivity contribution in [3.05, 3.63) is 65.7 Å². The lowest BCUT2D eigenvalue weighted by Crippen LogP contribution is -2.28. The van der Waals surface area contributed by atoms with Gasteiger partial charge in [0.05, 0.1) is 0 Å². The van der Waals surface area contributed by atoms with Gasteiger partial charge in [-0.25, -0.2) is 4.79 Å². The Morgan fingerprint density at radius 3 is 2.55 bits per heavy atom. The quantitative estimate of drug-likeness (QED) is 0.757. The van der Waals surface area contributed by atoms with Crippen molar-refractivity contribution < 1.29 is 4.79 Å². The first kappa shape index (κ1) is 14.0. The smallest absolute Gasteiger partial charge is 0.319 e. The van der Waals surface area contributed by atoms with E-state index in [4.69, 9.17) is 18.0 Å². The summed E-state index contributed by atoms with van der Waals surface area (Å²) in [5, 5.41) is 5.52. The molecule has 2 aromatic rings. The lowest BCUT2D eigenvalue weighted by Gasteiger charge is -2.08. The molecule has 0 aliphatic rings. The molecule has 0 radical (unpaired) electrons. The van der Waals surface area contributed by atoms with Crippen LogP contribution in [0.2, 0.25) is 0 Å². The Hall–Kier alpha value is -2.40. The largest absolute Gasteiger partial charge is 0.389 e. The van der Waals surface area contributed by atoms with Crippen LogP contribution in [0.3, 0.4) is 0 Å². The Balaban J connectivity index is 1.91. The zero-order chi connectivity index (χ0) is 14.4. The molecule has 4 N–H and O–H groups in total. The number of carbonyl (C=O) groups excluding carboxylic acids is 1. The lowest BCUT2D eigenvalue weighted by atomic mass is 10.2. The maximum Gasteiger partial charge on any atom is 0.319 e. The molecule has 2 rings (SSSR count). The summed E-state index contributed by atoms with van der Waals surface area (Å²) in [6.45, 7) is 0.474. The Kier molecular flexibility index (Phi) is 4.68. The van der Waals surface area contributed by atoms with Gasteiger partial charge in [-0.1, -0.05) is 54.7 Å². The molecular formula is C15H15N3OS. The van der Waals surface area contributed by atoms with Gasteiger partial charge in [-0.15, -0.1) is 0 Å². The molecule has 0 bridgehead atoms. The minimum Gasteiger partial charge on any atom is -0.389 e. The van der Waals surface area contributed by atoms with Gasteiger partial charge in [0.1, 0.15) is 4.99 Å². The highest BCUT2D eigenvalue weighted by atomic mass is 32.1. The summed E-state index contributed by atoms with van der Waals surface area (Å²) in [6, 6.07) is 16.5. The van der Waals surface area contributed by atoms with E-state index in [1.165, 1.54) is 0 Å². The minimum absolute atomic E-state index is 0.269. The molecule has 0 unspecified atom stereocenters.